The number of rotatable bonds is 5. The molecular formula is C28H29FN2O4. The van der Waals surface area contributed by atoms with Crippen LogP contribution in [0.25, 0.3) is 32.8 Å². The zero-order valence-electron chi connectivity index (χ0n) is 20.6. The first-order valence-corrected chi connectivity index (χ1v) is 11.5. The summed E-state index contributed by atoms with van der Waals surface area (Å²) < 4.78 is 26.9. The monoisotopic (exact) mass is 476 g/mol. The van der Waals surface area contributed by atoms with Crippen LogP contribution in [0.15, 0.2) is 54.6 Å². The van der Waals surface area contributed by atoms with E-state index in [0.717, 1.165) is 22.0 Å². The van der Waals surface area contributed by atoms with Gasteiger partial charge in [-0.3, -0.25) is 0 Å². The van der Waals surface area contributed by atoms with Crippen LogP contribution in [0, 0.1) is 5.82 Å². The SMILES string of the molecule is CCOC(=O)c1c(CNC(=O)OC(C)(C)C)n(C)c2cc(-c3cccc4c(F)cccc34)ccc12. The van der Waals surface area contributed by atoms with E-state index in [1.807, 2.05) is 48.0 Å². The smallest absolute Gasteiger partial charge is 0.407 e. The van der Waals surface area contributed by atoms with Crippen LogP contribution in [-0.2, 0) is 23.1 Å². The Labute approximate surface area is 203 Å². The number of hydrogen-bond acceptors (Lipinski definition) is 4. The van der Waals surface area contributed by atoms with E-state index in [0.29, 0.717) is 22.0 Å². The van der Waals surface area contributed by atoms with Gasteiger partial charge in [-0.1, -0.05) is 42.5 Å². The maximum Gasteiger partial charge on any atom is 0.407 e. The van der Waals surface area contributed by atoms with Crippen molar-refractivity contribution in [3.8, 4) is 11.1 Å². The average molecular weight is 477 g/mol. The van der Waals surface area contributed by atoms with Gasteiger partial charge in [-0.05, 0) is 56.3 Å². The van der Waals surface area contributed by atoms with Crippen molar-refractivity contribution in [3.05, 3.63) is 71.7 Å². The Morgan fingerprint density at radius 3 is 2.43 bits per heavy atom. The third-order valence-corrected chi connectivity index (χ3v) is 5.78. The number of benzene rings is 3. The molecule has 1 aromatic heterocycles. The molecule has 0 spiro atoms. The molecule has 0 aliphatic rings. The highest BCUT2D eigenvalue weighted by Crippen LogP contribution is 2.34. The maximum absolute atomic E-state index is 14.4. The fourth-order valence-corrected chi connectivity index (χ4v) is 4.29. The number of esters is 1. The van der Waals surface area contributed by atoms with Gasteiger partial charge in [0.1, 0.15) is 11.4 Å². The van der Waals surface area contributed by atoms with E-state index in [1.165, 1.54) is 6.07 Å². The van der Waals surface area contributed by atoms with Crippen LogP contribution in [-0.4, -0.2) is 28.8 Å². The Kier molecular flexibility index (Phi) is 6.52. The van der Waals surface area contributed by atoms with Gasteiger partial charge in [0.15, 0.2) is 0 Å². The van der Waals surface area contributed by atoms with Gasteiger partial charge in [0.25, 0.3) is 0 Å². The van der Waals surface area contributed by atoms with Crippen LogP contribution in [0.1, 0.15) is 43.7 Å². The summed E-state index contributed by atoms with van der Waals surface area (Å²) in [5.74, 6) is -0.733. The summed E-state index contributed by atoms with van der Waals surface area (Å²) in [6, 6.07) is 16.3. The second kappa shape index (κ2) is 9.41. The maximum atomic E-state index is 14.4. The standard InChI is InChI=1S/C28H29FN2O4/c1-6-34-26(32)25-21-14-13-17(18-9-7-11-20-19(18)10-8-12-22(20)29)15-23(21)31(5)24(25)16-30-27(33)35-28(2,3)4/h7-15H,6,16H2,1-5H3,(H,30,33). The molecule has 0 aliphatic carbocycles. The number of nitrogens with one attached hydrogen (secondary N) is 1. The Hall–Kier alpha value is -3.87. The van der Waals surface area contributed by atoms with Gasteiger partial charge in [-0.25, -0.2) is 14.0 Å². The topological polar surface area (TPSA) is 69.6 Å². The van der Waals surface area contributed by atoms with E-state index in [2.05, 4.69) is 5.32 Å². The van der Waals surface area contributed by atoms with Crippen LogP contribution in [0.5, 0.6) is 0 Å². The van der Waals surface area contributed by atoms with E-state index in [4.69, 9.17) is 9.47 Å². The lowest BCUT2D eigenvalue weighted by Gasteiger charge is -2.20. The third kappa shape index (κ3) is 4.85. The summed E-state index contributed by atoms with van der Waals surface area (Å²) in [6.45, 7) is 7.42. The molecule has 182 valence electrons. The first-order valence-electron chi connectivity index (χ1n) is 11.5. The predicted molar refractivity (Wildman–Crippen MR) is 135 cm³/mol. The minimum atomic E-state index is -0.639. The minimum absolute atomic E-state index is 0.0864. The van der Waals surface area contributed by atoms with Crippen LogP contribution in [0.4, 0.5) is 9.18 Å². The van der Waals surface area contributed by atoms with E-state index >= 15 is 0 Å². The Morgan fingerprint density at radius 2 is 1.71 bits per heavy atom. The summed E-state index contributed by atoms with van der Waals surface area (Å²) in [5.41, 5.74) is 2.92. The number of carbonyl (C=O) groups excluding carboxylic acids is 2. The summed E-state index contributed by atoms with van der Waals surface area (Å²) >= 11 is 0. The zero-order valence-corrected chi connectivity index (χ0v) is 20.6. The molecule has 0 atom stereocenters. The van der Waals surface area contributed by atoms with E-state index in [9.17, 15) is 14.0 Å². The van der Waals surface area contributed by atoms with Crippen molar-refractivity contribution in [1.82, 2.24) is 9.88 Å². The molecule has 35 heavy (non-hydrogen) atoms. The highest BCUT2D eigenvalue weighted by atomic mass is 19.1. The molecule has 0 unspecified atom stereocenters. The molecule has 1 amide bonds. The third-order valence-electron chi connectivity index (χ3n) is 5.78. The summed E-state index contributed by atoms with van der Waals surface area (Å²) in [7, 11) is 1.84. The highest BCUT2D eigenvalue weighted by Gasteiger charge is 2.24. The lowest BCUT2D eigenvalue weighted by Crippen LogP contribution is -2.33. The zero-order chi connectivity index (χ0) is 25.3. The second-order valence-corrected chi connectivity index (χ2v) is 9.33. The molecule has 0 saturated carbocycles. The van der Waals surface area contributed by atoms with E-state index < -0.39 is 17.7 Å². The number of alkyl carbamates (subject to hydrolysis) is 1. The van der Waals surface area contributed by atoms with Gasteiger partial charge in [0.2, 0.25) is 0 Å². The molecule has 0 aliphatic heterocycles. The van der Waals surface area contributed by atoms with Crippen molar-refractivity contribution >= 4 is 33.7 Å². The van der Waals surface area contributed by atoms with Gasteiger partial charge in [-0.15, -0.1) is 0 Å². The number of nitrogens with zero attached hydrogens (tertiary/aromatic N) is 1. The van der Waals surface area contributed by atoms with Gasteiger partial charge in [0.05, 0.1) is 24.4 Å². The summed E-state index contributed by atoms with van der Waals surface area (Å²) in [5, 5.41) is 4.80. The normalized spacial score (nSPS) is 11.6. The van der Waals surface area contributed by atoms with E-state index in [-0.39, 0.29) is 19.0 Å². The molecule has 1 N–H and O–H groups in total. The average Bonchev–Trinajstić information content (AvgIpc) is 3.08. The van der Waals surface area contributed by atoms with Crippen molar-refractivity contribution < 1.29 is 23.5 Å². The van der Waals surface area contributed by atoms with Gasteiger partial charge in [-0.2, -0.15) is 0 Å². The second-order valence-electron chi connectivity index (χ2n) is 9.33. The van der Waals surface area contributed by atoms with Crippen molar-refractivity contribution in [2.24, 2.45) is 7.05 Å². The molecular weight excluding hydrogens is 447 g/mol. The first-order chi connectivity index (χ1) is 16.6. The molecule has 4 aromatic rings. The van der Waals surface area contributed by atoms with Crippen molar-refractivity contribution in [2.75, 3.05) is 6.61 Å². The van der Waals surface area contributed by atoms with Gasteiger partial charge >= 0.3 is 12.1 Å². The van der Waals surface area contributed by atoms with Gasteiger partial charge < -0.3 is 19.4 Å². The Morgan fingerprint density at radius 1 is 1.00 bits per heavy atom. The minimum Gasteiger partial charge on any atom is -0.462 e. The molecule has 4 rings (SSSR count). The molecule has 0 saturated heterocycles. The predicted octanol–water partition coefficient (Wildman–Crippen LogP) is 6.34. The Balaban J connectivity index is 1.82. The molecule has 3 aromatic carbocycles. The fraction of sp³-hybridized carbons (Fsp3) is 0.286. The molecule has 1 heterocycles. The molecule has 0 fully saturated rings. The van der Waals surface area contributed by atoms with Crippen LogP contribution < -0.4 is 5.32 Å². The first kappa shape index (κ1) is 24.3. The molecule has 7 heteroatoms. The quantitative estimate of drug-likeness (QED) is 0.341. The largest absolute Gasteiger partial charge is 0.462 e. The van der Waals surface area contributed by atoms with E-state index in [1.54, 1.807) is 39.8 Å². The number of aromatic nitrogens is 1. The van der Waals surface area contributed by atoms with Crippen molar-refractivity contribution in [3.63, 3.8) is 0 Å². The van der Waals surface area contributed by atoms with Crippen molar-refractivity contribution in [2.45, 2.75) is 39.8 Å². The number of hydrogen-bond donors (Lipinski definition) is 1. The summed E-state index contributed by atoms with van der Waals surface area (Å²) in [4.78, 5) is 25.2. The lowest BCUT2D eigenvalue weighted by atomic mass is 9.97. The fourth-order valence-electron chi connectivity index (χ4n) is 4.29. The molecule has 6 nitrogen and oxygen atoms in total. The Bertz CT molecular complexity index is 1430. The number of ether oxygens (including phenoxy) is 2. The number of fused-ring (bicyclic) bond motifs is 2. The van der Waals surface area contributed by atoms with Crippen LogP contribution in [0.3, 0.4) is 0 Å². The molecule has 0 bridgehead atoms. The number of amides is 1. The van der Waals surface area contributed by atoms with Gasteiger partial charge in [0, 0.05) is 23.3 Å². The lowest BCUT2D eigenvalue weighted by molar-refractivity contribution is 0.0502. The number of halogens is 1. The molecule has 0 radical (unpaired) electrons. The number of aryl methyl sites for hydroxylation is 1. The number of carbonyl (C=O) groups is 2. The highest BCUT2D eigenvalue weighted by molar-refractivity contribution is 6.07. The van der Waals surface area contributed by atoms with Crippen LogP contribution in [0.2, 0.25) is 0 Å². The van der Waals surface area contributed by atoms with Crippen LogP contribution >= 0.6 is 0 Å². The van der Waals surface area contributed by atoms with Crippen molar-refractivity contribution in [1.29, 1.82) is 0 Å². The summed E-state index contributed by atoms with van der Waals surface area (Å²) in [6.07, 6.45) is -0.573.